The van der Waals surface area contributed by atoms with Crippen LogP contribution >= 0.6 is 11.6 Å². The Morgan fingerprint density at radius 3 is 2.56 bits per heavy atom. The van der Waals surface area contributed by atoms with Gasteiger partial charge in [0.05, 0.1) is 0 Å². The average Bonchev–Trinajstić information content (AvgIpc) is 1.63. The van der Waals surface area contributed by atoms with E-state index >= 15 is 0 Å². The second-order valence-electron chi connectivity index (χ2n) is 2.12. The number of halogens is 1. The van der Waals surface area contributed by atoms with Gasteiger partial charge in [0, 0.05) is 0 Å². The predicted octanol–water partition coefficient (Wildman–Crippen LogP) is 1.73. The lowest BCUT2D eigenvalue weighted by atomic mass is 10.4. The minimum absolute atomic E-state index is 0.444. The fraction of sp³-hybridized carbons (Fsp3) is 1.00. The molecule has 9 heavy (non-hydrogen) atoms. The topological polar surface area (TPSA) is 9.23 Å². The molecular formula is C5H12BFOS. The van der Waals surface area contributed by atoms with Gasteiger partial charge in [-0.15, -0.1) is 0 Å². The largest absolute Gasteiger partial charge is 0.399 e. The van der Waals surface area contributed by atoms with Crippen molar-refractivity contribution in [2.24, 2.45) is 0 Å². The van der Waals surface area contributed by atoms with Crippen LogP contribution in [0.15, 0.2) is 0 Å². The van der Waals surface area contributed by atoms with Crippen molar-refractivity contribution in [3.8, 4) is 0 Å². The predicted molar refractivity (Wildman–Crippen MR) is 41.6 cm³/mol. The normalized spacial score (nSPS) is 11.6. The highest BCUT2D eigenvalue weighted by atomic mass is 32.2. The van der Waals surface area contributed by atoms with Gasteiger partial charge in [0.25, 0.3) is 0 Å². The van der Waals surface area contributed by atoms with Crippen LogP contribution in [0, 0.1) is 0 Å². The lowest BCUT2D eigenvalue weighted by Gasteiger charge is -2.13. The van der Waals surface area contributed by atoms with Crippen LogP contribution in [0.2, 0.25) is 0 Å². The molecule has 0 aromatic heterocycles. The Bertz CT molecular complexity index is 73.8. The molecule has 0 N–H and O–H groups in total. The van der Waals surface area contributed by atoms with E-state index in [1.807, 2.05) is 6.92 Å². The monoisotopic (exact) mass is 150 g/mol. The fourth-order valence-corrected chi connectivity index (χ4v) is 0.795. The van der Waals surface area contributed by atoms with E-state index in [2.05, 4.69) is 0 Å². The molecule has 0 aliphatic carbocycles. The first kappa shape index (κ1) is 9.30. The summed E-state index contributed by atoms with van der Waals surface area (Å²) in [6, 6.07) is 0. The highest BCUT2D eigenvalue weighted by Crippen LogP contribution is 2.11. The SMILES string of the molecule is CCSBOC(C)(C)F. The van der Waals surface area contributed by atoms with Crippen LogP contribution in [0.25, 0.3) is 0 Å². The van der Waals surface area contributed by atoms with E-state index in [0.717, 1.165) is 5.75 Å². The van der Waals surface area contributed by atoms with Gasteiger partial charge in [0.2, 0.25) is 0 Å². The van der Waals surface area contributed by atoms with Crippen molar-refractivity contribution < 1.29 is 9.04 Å². The summed E-state index contributed by atoms with van der Waals surface area (Å²) in [6.45, 7) is 5.27. The lowest BCUT2D eigenvalue weighted by molar-refractivity contribution is -0.0204. The van der Waals surface area contributed by atoms with E-state index in [9.17, 15) is 4.39 Å². The lowest BCUT2D eigenvalue weighted by Crippen LogP contribution is -2.18. The van der Waals surface area contributed by atoms with Crippen molar-refractivity contribution in [1.29, 1.82) is 0 Å². The summed E-state index contributed by atoms with van der Waals surface area (Å²) in [5.41, 5.74) is 0. The third kappa shape index (κ3) is 8.30. The zero-order valence-corrected chi connectivity index (χ0v) is 6.93. The van der Waals surface area contributed by atoms with Crippen molar-refractivity contribution in [2.75, 3.05) is 5.75 Å². The van der Waals surface area contributed by atoms with Crippen molar-refractivity contribution in [2.45, 2.75) is 26.6 Å². The van der Waals surface area contributed by atoms with Gasteiger partial charge in [0.1, 0.15) is 0 Å². The third-order valence-electron chi connectivity index (χ3n) is 0.690. The molecule has 0 bridgehead atoms. The zero-order chi connectivity index (χ0) is 7.33. The van der Waals surface area contributed by atoms with E-state index in [-0.39, 0.29) is 0 Å². The Morgan fingerprint density at radius 1 is 1.67 bits per heavy atom. The minimum atomic E-state index is -1.47. The summed E-state index contributed by atoms with van der Waals surface area (Å²) in [5, 5.41) is 0. The number of alkyl halides is 1. The van der Waals surface area contributed by atoms with E-state index < -0.39 is 5.85 Å². The van der Waals surface area contributed by atoms with Gasteiger partial charge >= 0.3 is 6.76 Å². The van der Waals surface area contributed by atoms with Crippen LogP contribution in [0.3, 0.4) is 0 Å². The van der Waals surface area contributed by atoms with Crippen LogP contribution in [-0.4, -0.2) is 18.4 Å². The number of hydrogen-bond donors (Lipinski definition) is 0. The highest BCUT2D eigenvalue weighted by molar-refractivity contribution is 8.21. The molecule has 0 amide bonds. The first-order valence-electron chi connectivity index (χ1n) is 2.97. The van der Waals surface area contributed by atoms with Crippen LogP contribution in [0.4, 0.5) is 4.39 Å². The summed E-state index contributed by atoms with van der Waals surface area (Å²) in [4.78, 5) is 0. The first-order valence-corrected chi connectivity index (χ1v) is 4.12. The molecule has 0 aliphatic rings. The molecule has 54 valence electrons. The summed E-state index contributed by atoms with van der Waals surface area (Å²) < 4.78 is 17.2. The standard InChI is InChI=1S/C5H12BFOS/c1-4-9-6-8-5(2,3)7/h6H,4H2,1-3H3. The minimum Gasteiger partial charge on any atom is -0.399 e. The molecule has 0 unspecified atom stereocenters. The molecule has 0 aliphatic heterocycles. The van der Waals surface area contributed by atoms with Crippen molar-refractivity contribution in [3.63, 3.8) is 0 Å². The second-order valence-corrected chi connectivity index (χ2v) is 3.34. The molecular weight excluding hydrogens is 138 g/mol. The average molecular weight is 150 g/mol. The Morgan fingerprint density at radius 2 is 2.22 bits per heavy atom. The smallest absolute Gasteiger partial charge is 0.346 e. The second kappa shape index (κ2) is 4.17. The summed E-state index contributed by atoms with van der Waals surface area (Å²) >= 11 is 1.57. The quantitative estimate of drug-likeness (QED) is 0.445. The zero-order valence-electron chi connectivity index (χ0n) is 6.11. The van der Waals surface area contributed by atoms with Crippen LogP contribution in [0.5, 0.6) is 0 Å². The van der Waals surface area contributed by atoms with Crippen molar-refractivity contribution in [3.05, 3.63) is 0 Å². The summed E-state index contributed by atoms with van der Waals surface area (Å²) in [6.07, 6.45) is 0. The molecule has 4 heteroatoms. The molecule has 0 heterocycles. The highest BCUT2D eigenvalue weighted by Gasteiger charge is 2.14. The van der Waals surface area contributed by atoms with Gasteiger partial charge in [-0.2, -0.15) is 11.6 Å². The van der Waals surface area contributed by atoms with Crippen LogP contribution in [-0.2, 0) is 4.65 Å². The van der Waals surface area contributed by atoms with Gasteiger partial charge < -0.3 is 4.65 Å². The number of rotatable bonds is 4. The van der Waals surface area contributed by atoms with Gasteiger partial charge in [-0.05, 0) is 19.6 Å². The maximum atomic E-state index is 12.5. The van der Waals surface area contributed by atoms with Crippen LogP contribution in [0.1, 0.15) is 20.8 Å². The molecule has 0 fully saturated rings. The molecule has 0 saturated carbocycles. The molecule has 0 aromatic carbocycles. The molecule has 0 radical (unpaired) electrons. The maximum Gasteiger partial charge on any atom is 0.346 e. The summed E-state index contributed by atoms with van der Waals surface area (Å²) in [7, 11) is 0. The Balaban J connectivity index is 3.07. The maximum absolute atomic E-state index is 12.5. The number of hydrogen-bond acceptors (Lipinski definition) is 2. The van der Waals surface area contributed by atoms with Gasteiger partial charge in [0.15, 0.2) is 5.85 Å². The van der Waals surface area contributed by atoms with Gasteiger partial charge in [-0.25, -0.2) is 4.39 Å². The summed E-state index contributed by atoms with van der Waals surface area (Å²) in [5.74, 6) is -0.502. The van der Waals surface area contributed by atoms with E-state index in [1.165, 1.54) is 13.8 Å². The van der Waals surface area contributed by atoms with Gasteiger partial charge in [-0.3, -0.25) is 0 Å². The molecule has 1 nitrogen and oxygen atoms in total. The first-order chi connectivity index (χ1) is 4.06. The van der Waals surface area contributed by atoms with E-state index in [1.54, 1.807) is 11.6 Å². The molecule has 0 aromatic rings. The Hall–Kier alpha value is 0.305. The van der Waals surface area contributed by atoms with Crippen molar-refractivity contribution in [1.82, 2.24) is 0 Å². The molecule has 0 spiro atoms. The Labute approximate surface area is 60.5 Å². The molecule has 0 rings (SSSR count). The molecule has 0 atom stereocenters. The Kier molecular flexibility index (Phi) is 4.31. The fourth-order valence-electron chi connectivity index (χ4n) is 0.265. The third-order valence-corrected chi connectivity index (χ3v) is 1.38. The van der Waals surface area contributed by atoms with Crippen molar-refractivity contribution >= 4 is 18.4 Å². The van der Waals surface area contributed by atoms with Gasteiger partial charge in [-0.1, -0.05) is 6.92 Å². The molecule has 0 saturated heterocycles. The van der Waals surface area contributed by atoms with E-state index in [0.29, 0.717) is 6.76 Å². The van der Waals surface area contributed by atoms with Crippen LogP contribution < -0.4 is 0 Å². The van der Waals surface area contributed by atoms with E-state index in [4.69, 9.17) is 4.65 Å².